The van der Waals surface area contributed by atoms with Gasteiger partial charge in [-0.1, -0.05) is 22.0 Å². The summed E-state index contributed by atoms with van der Waals surface area (Å²) in [6.07, 6.45) is 1.27. The number of nitrogens with zero attached hydrogens (tertiary/aromatic N) is 1. The summed E-state index contributed by atoms with van der Waals surface area (Å²) in [5.74, 6) is -2.40. The first-order chi connectivity index (χ1) is 17.8. The molecule has 3 aromatic rings. The molecule has 0 aliphatic rings. The maximum atomic E-state index is 12.4. The molecule has 37 heavy (non-hydrogen) atoms. The zero-order chi connectivity index (χ0) is 26.8. The van der Waals surface area contributed by atoms with Crippen molar-refractivity contribution in [2.45, 2.75) is 13.5 Å². The van der Waals surface area contributed by atoms with Gasteiger partial charge in [-0.2, -0.15) is 5.26 Å². The fourth-order valence-electron chi connectivity index (χ4n) is 2.96. The van der Waals surface area contributed by atoms with Gasteiger partial charge in [-0.25, -0.2) is 4.79 Å². The summed E-state index contributed by atoms with van der Waals surface area (Å²) in [6, 6.07) is 17.7. The van der Waals surface area contributed by atoms with Crippen molar-refractivity contribution in [3.05, 3.63) is 87.8 Å². The van der Waals surface area contributed by atoms with Crippen LogP contribution in [0.4, 0.5) is 11.4 Å². The molecule has 0 saturated heterocycles. The molecular weight excluding hydrogens is 544 g/mol. The monoisotopic (exact) mass is 564 g/mol. The molecule has 1 aromatic heterocycles. The van der Waals surface area contributed by atoms with Gasteiger partial charge in [0.25, 0.3) is 5.91 Å². The number of halogens is 1. The van der Waals surface area contributed by atoms with E-state index in [0.717, 1.165) is 4.47 Å². The van der Waals surface area contributed by atoms with Gasteiger partial charge in [-0.05, 0) is 61.5 Å². The Morgan fingerprint density at radius 3 is 2.38 bits per heavy atom. The molecular formula is C26H21BrN4O6. The zero-order valence-corrected chi connectivity index (χ0v) is 21.1. The topological polar surface area (TPSA) is 151 Å². The van der Waals surface area contributed by atoms with Crippen LogP contribution in [-0.4, -0.2) is 30.3 Å². The number of benzene rings is 2. The number of ether oxygens (including phenoxy) is 1. The summed E-state index contributed by atoms with van der Waals surface area (Å²) in [5, 5.41) is 16.8. The van der Waals surface area contributed by atoms with Crippen LogP contribution in [0.2, 0.25) is 0 Å². The van der Waals surface area contributed by atoms with Crippen LogP contribution in [0.5, 0.6) is 0 Å². The summed E-state index contributed by atoms with van der Waals surface area (Å²) < 4.78 is 11.2. The van der Waals surface area contributed by atoms with Crippen LogP contribution in [0.25, 0.3) is 6.08 Å². The fraction of sp³-hybridized carbons (Fsp3) is 0.115. The second kappa shape index (κ2) is 12.9. The number of anilines is 2. The van der Waals surface area contributed by atoms with E-state index in [1.54, 1.807) is 37.3 Å². The smallest absolute Gasteiger partial charge is 0.338 e. The first-order valence-corrected chi connectivity index (χ1v) is 11.7. The van der Waals surface area contributed by atoms with E-state index in [9.17, 15) is 24.4 Å². The summed E-state index contributed by atoms with van der Waals surface area (Å²) in [6.45, 7) is 1.83. The van der Waals surface area contributed by atoms with Gasteiger partial charge in [0.1, 0.15) is 23.2 Å². The highest BCUT2D eigenvalue weighted by molar-refractivity contribution is 9.10. The van der Waals surface area contributed by atoms with Gasteiger partial charge in [-0.3, -0.25) is 14.4 Å². The molecule has 0 fully saturated rings. The lowest BCUT2D eigenvalue weighted by Gasteiger charge is -2.07. The number of furan rings is 1. The highest BCUT2D eigenvalue weighted by atomic mass is 79.9. The fourth-order valence-corrected chi connectivity index (χ4v) is 3.36. The molecule has 10 nitrogen and oxygen atoms in total. The number of nitrogens with one attached hydrogen (secondary N) is 3. The normalized spacial score (nSPS) is 10.7. The van der Waals surface area contributed by atoms with Crippen molar-refractivity contribution in [3.63, 3.8) is 0 Å². The Kier molecular flexibility index (Phi) is 9.35. The summed E-state index contributed by atoms with van der Waals surface area (Å²) in [7, 11) is 0. The molecule has 0 atom stereocenters. The number of amides is 3. The van der Waals surface area contributed by atoms with Gasteiger partial charge in [-0.15, -0.1) is 0 Å². The Hall–Kier alpha value is -4.69. The van der Waals surface area contributed by atoms with Crippen molar-refractivity contribution in [2.24, 2.45) is 0 Å². The van der Waals surface area contributed by atoms with Gasteiger partial charge in [0.2, 0.25) is 0 Å². The lowest BCUT2D eigenvalue weighted by molar-refractivity contribution is -0.136. The minimum Gasteiger partial charge on any atom is -0.462 e. The third-order valence-corrected chi connectivity index (χ3v) is 5.19. The van der Waals surface area contributed by atoms with Crippen molar-refractivity contribution < 1.29 is 28.3 Å². The third kappa shape index (κ3) is 7.91. The minimum atomic E-state index is -0.911. The Morgan fingerprint density at radius 1 is 0.973 bits per heavy atom. The van der Waals surface area contributed by atoms with E-state index in [1.165, 1.54) is 36.4 Å². The van der Waals surface area contributed by atoms with Crippen LogP contribution in [0.15, 0.2) is 75.1 Å². The van der Waals surface area contributed by atoms with Crippen LogP contribution in [0.1, 0.15) is 28.8 Å². The maximum absolute atomic E-state index is 12.4. The minimum absolute atomic E-state index is 0.103. The van der Waals surface area contributed by atoms with Crippen molar-refractivity contribution in [1.82, 2.24) is 5.32 Å². The first-order valence-electron chi connectivity index (χ1n) is 10.9. The van der Waals surface area contributed by atoms with Crippen LogP contribution < -0.4 is 16.0 Å². The van der Waals surface area contributed by atoms with Crippen molar-refractivity contribution >= 4 is 57.1 Å². The van der Waals surface area contributed by atoms with E-state index in [1.807, 2.05) is 6.07 Å². The van der Waals surface area contributed by atoms with Crippen LogP contribution in [-0.2, 0) is 25.7 Å². The summed E-state index contributed by atoms with van der Waals surface area (Å²) in [4.78, 5) is 48.4. The lowest BCUT2D eigenvalue weighted by atomic mass is 10.2. The van der Waals surface area contributed by atoms with Gasteiger partial charge < -0.3 is 25.1 Å². The lowest BCUT2D eigenvalue weighted by Crippen LogP contribution is -2.34. The Labute approximate surface area is 220 Å². The number of carbonyl (C=O) groups is 4. The molecule has 0 radical (unpaired) electrons. The van der Waals surface area contributed by atoms with E-state index >= 15 is 0 Å². The molecule has 11 heteroatoms. The third-order valence-electron chi connectivity index (χ3n) is 4.70. The summed E-state index contributed by atoms with van der Waals surface area (Å²) in [5.41, 5.74) is 0.968. The molecule has 0 aliphatic carbocycles. The highest BCUT2D eigenvalue weighted by Gasteiger charge is 2.16. The molecule has 0 spiro atoms. The molecule has 0 aliphatic heterocycles. The van der Waals surface area contributed by atoms with E-state index in [4.69, 9.17) is 9.15 Å². The standard InChI is InChI=1S/C26H21BrN4O6/c1-2-36-26(35)16-6-8-19(9-7-16)30-25(34)24(33)29-15-22-11-10-21(37-22)12-17(14-28)23(32)31-20-5-3-4-18(27)13-20/h3-13H,2,15H2,1H3,(H,29,33)(H,30,34)(H,31,32)/b17-12-. The molecule has 0 bridgehead atoms. The number of carbonyl (C=O) groups excluding carboxylic acids is 4. The number of nitriles is 1. The SMILES string of the molecule is CCOC(=O)c1ccc(NC(=O)C(=O)NCc2ccc(/C=C(/C#N)C(=O)Nc3cccc(Br)c3)o2)cc1. The van der Waals surface area contributed by atoms with E-state index < -0.39 is 23.7 Å². The molecule has 2 aromatic carbocycles. The number of hydrogen-bond donors (Lipinski definition) is 3. The van der Waals surface area contributed by atoms with Gasteiger partial charge in [0.05, 0.1) is 18.7 Å². The number of esters is 1. The van der Waals surface area contributed by atoms with E-state index in [0.29, 0.717) is 22.7 Å². The predicted octanol–water partition coefficient (Wildman–Crippen LogP) is 4.02. The zero-order valence-electron chi connectivity index (χ0n) is 19.5. The van der Waals surface area contributed by atoms with Gasteiger partial charge in [0, 0.05) is 21.9 Å². The molecule has 3 amide bonds. The summed E-state index contributed by atoms with van der Waals surface area (Å²) >= 11 is 3.31. The average molecular weight is 565 g/mol. The largest absolute Gasteiger partial charge is 0.462 e. The average Bonchev–Trinajstić information content (AvgIpc) is 3.33. The number of rotatable bonds is 8. The van der Waals surface area contributed by atoms with E-state index in [-0.39, 0.29) is 24.5 Å². The van der Waals surface area contributed by atoms with Crippen LogP contribution >= 0.6 is 15.9 Å². The van der Waals surface area contributed by atoms with Crippen molar-refractivity contribution in [2.75, 3.05) is 17.2 Å². The molecule has 0 saturated carbocycles. The van der Waals surface area contributed by atoms with Gasteiger partial charge in [0.15, 0.2) is 0 Å². The molecule has 3 rings (SSSR count). The number of hydrogen-bond acceptors (Lipinski definition) is 7. The molecule has 1 heterocycles. The van der Waals surface area contributed by atoms with E-state index in [2.05, 4.69) is 31.9 Å². The Morgan fingerprint density at radius 2 is 1.70 bits per heavy atom. The highest BCUT2D eigenvalue weighted by Crippen LogP contribution is 2.18. The Bertz CT molecular complexity index is 1390. The maximum Gasteiger partial charge on any atom is 0.338 e. The quantitative estimate of drug-likeness (QED) is 0.162. The van der Waals surface area contributed by atoms with Crippen LogP contribution in [0.3, 0.4) is 0 Å². The molecule has 0 unspecified atom stereocenters. The van der Waals surface area contributed by atoms with Crippen molar-refractivity contribution in [3.8, 4) is 6.07 Å². The van der Waals surface area contributed by atoms with Crippen LogP contribution in [0, 0.1) is 11.3 Å². The Balaban J connectivity index is 1.53. The van der Waals surface area contributed by atoms with Crippen molar-refractivity contribution in [1.29, 1.82) is 5.26 Å². The molecule has 3 N–H and O–H groups in total. The van der Waals surface area contributed by atoms with Gasteiger partial charge >= 0.3 is 17.8 Å². The second-order valence-electron chi connectivity index (χ2n) is 7.37. The first kappa shape index (κ1) is 26.9. The molecule has 188 valence electrons. The second-order valence-corrected chi connectivity index (χ2v) is 8.29. The predicted molar refractivity (Wildman–Crippen MR) is 138 cm³/mol.